The number of aromatic nitrogens is 1. The van der Waals surface area contributed by atoms with Gasteiger partial charge in [-0.3, -0.25) is 4.90 Å². The molecule has 0 spiro atoms. The van der Waals surface area contributed by atoms with Crippen molar-refractivity contribution < 1.29 is 9.26 Å². The highest BCUT2D eigenvalue weighted by Crippen LogP contribution is 2.15. The molecule has 2 heterocycles. The summed E-state index contributed by atoms with van der Waals surface area (Å²) >= 11 is 0. The van der Waals surface area contributed by atoms with E-state index >= 15 is 0 Å². The monoisotopic (exact) mass is 361 g/mol. The molecule has 0 aliphatic carbocycles. The third kappa shape index (κ3) is 7.58. The lowest BCUT2D eigenvalue weighted by Gasteiger charge is -2.36. The Labute approximate surface area is 158 Å². The standard InChI is InChI=1S/C17H23N3O2.2C2H6/c1-15-13-16(18-22-15)14-21-12-11-19-7-9-20(10-8-19)17-5-3-2-4-6-17;2*1-2/h2-6,13H,7-12,14H2,1H3;2*1-2H3. The van der Waals surface area contributed by atoms with Crippen molar-refractivity contribution in [3.8, 4) is 0 Å². The molecule has 0 atom stereocenters. The lowest BCUT2D eigenvalue weighted by atomic mass is 10.2. The summed E-state index contributed by atoms with van der Waals surface area (Å²) in [7, 11) is 0. The average Bonchev–Trinajstić information content (AvgIpc) is 3.15. The van der Waals surface area contributed by atoms with E-state index in [0.717, 1.165) is 50.8 Å². The summed E-state index contributed by atoms with van der Waals surface area (Å²) < 4.78 is 10.7. The van der Waals surface area contributed by atoms with Crippen LogP contribution >= 0.6 is 0 Å². The van der Waals surface area contributed by atoms with Crippen LogP contribution < -0.4 is 4.90 Å². The fourth-order valence-corrected chi connectivity index (χ4v) is 2.72. The van der Waals surface area contributed by atoms with Crippen LogP contribution in [0.5, 0.6) is 0 Å². The summed E-state index contributed by atoms with van der Waals surface area (Å²) in [5.41, 5.74) is 2.19. The fourth-order valence-electron chi connectivity index (χ4n) is 2.72. The van der Waals surface area contributed by atoms with Crippen LogP contribution in [-0.4, -0.2) is 49.4 Å². The van der Waals surface area contributed by atoms with Crippen LogP contribution in [0.25, 0.3) is 0 Å². The van der Waals surface area contributed by atoms with Crippen molar-refractivity contribution >= 4 is 5.69 Å². The third-order valence-electron chi connectivity index (χ3n) is 3.97. The molecule has 146 valence electrons. The number of aryl methyl sites for hydroxylation is 1. The molecule has 26 heavy (non-hydrogen) atoms. The molecule has 0 N–H and O–H groups in total. The first-order valence-electron chi connectivity index (χ1n) is 9.83. The van der Waals surface area contributed by atoms with Crippen LogP contribution in [0.3, 0.4) is 0 Å². The fraction of sp³-hybridized carbons (Fsp3) is 0.571. The molecule has 0 amide bonds. The quantitative estimate of drug-likeness (QED) is 0.715. The van der Waals surface area contributed by atoms with E-state index in [9.17, 15) is 0 Å². The molecule has 0 saturated carbocycles. The molecule has 0 bridgehead atoms. The molecule has 3 rings (SSSR count). The van der Waals surface area contributed by atoms with Crippen LogP contribution in [0.15, 0.2) is 40.9 Å². The van der Waals surface area contributed by atoms with Crippen molar-refractivity contribution in [3.63, 3.8) is 0 Å². The van der Waals surface area contributed by atoms with E-state index in [4.69, 9.17) is 9.26 Å². The number of piperazine rings is 1. The van der Waals surface area contributed by atoms with E-state index in [1.807, 2.05) is 40.7 Å². The van der Waals surface area contributed by atoms with E-state index in [-0.39, 0.29) is 0 Å². The lowest BCUT2D eigenvalue weighted by molar-refractivity contribution is 0.0871. The Bertz CT molecular complexity index is 564. The molecular formula is C21H35N3O2. The second kappa shape index (κ2) is 13.4. The zero-order valence-electron chi connectivity index (χ0n) is 17.1. The number of hydrogen-bond donors (Lipinski definition) is 0. The van der Waals surface area contributed by atoms with Gasteiger partial charge in [-0.25, -0.2) is 0 Å². The molecule has 5 nitrogen and oxygen atoms in total. The Kier molecular flexibility index (Phi) is 11.4. The Hall–Kier alpha value is -1.85. The van der Waals surface area contributed by atoms with Gasteiger partial charge in [0, 0.05) is 44.5 Å². The molecular weight excluding hydrogens is 326 g/mol. The highest BCUT2D eigenvalue weighted by molar-refractivity contribution is 5.46. The first-order chi connectivity index (χ1) is 12.8. The largest absolute Gasteiger partial charge is 0.374 e. The van der Waals surface area contributed by atoms with Gasteiger partial charge in [0.1, 0.15) is 11.5 Å². The minimum absolute atomic E-state index is 0.529. The highest BCUT2D eigenvalue weighted by Gasteiger charge is 2.16. The number of ether oxygens (including phenoxy) is 1. The Morgan fingerprint density at radius 2 is 1.65 bits per heavy atom. The lowest BCUT2D eigenvalue weighted by Crippen LogP contribution is -2.47. The van der Waals surface area contributed by atoms with Crippen molar-refractivity contribution in [2.45, 2.75) is 41.2 Å². The molecule has 0 unspecified atom stereocenters. The van der Waals surface area contributed by atoms with Gasteiger partial charge >= 0.3 is 0 Å². The van der Waals surface area contributed by atoms with Gasteiger partial charge in [0.25, 0.3) is 0 Å². The van der Waals surface area contributed by atoms with Crippen LogP contribution in [0.4, 0.5) is 5.69 Å². The predicted molar refractivity (Wildman–Crippen MR) is 109 cm³/mol. The summed E-state index contributed by atoms with van der Waals surface area (Å²) in [6, 6.07) is 12.5. The zero-order valence-corrected chi connectivity index (χ0v) is 17.1. The molecule has 1 aromatic heterocycles. The highest BCUT2D eigenvalue weighted by atomic mass is 16.5. The zero-order chi connectivity index (χ0) is 19.2. The maximum absolute atomic E-state index is 5.67. The van der Waals surface area contributed by atoms with Crippen LogP contribution in [0, 0.1) is 6.92 Å². The van der Waals surface area contributed by atoms with E-state index < -0.39 is 0 Å². The molecule has 1 fully saturated rings. The predicted octanol–water partition coefficient (Wildman–Crippen LogP) is 4.37. The van der Waals surface area contributed by atoms with Gasteiger partial charge in [0.05, 0.1) is 13.2 Å². The van der Waals surface area contributed by atoms with Gasteiger partial charge in [-0.15, -0.1) is 0 Å². The number of benzene rings is 1. The number of anilines is 1. The summed E-state index contributed by atoms with van der Waals surface area (Å²) in [6.07, 6.45) is 0. The van der Waals surface area contributed by atoms with Crippen LogP contribution in [-0.2, 0) is 11.3 Å². The molecule has 1 saturated heterocycles. The summed E-state index contributed by atoms with van der Waals surface area (Å²) in [4.78, 5) is 4.89. The van der Waals surface area contributed by atoms with Crippen molar-refractivity contribution in [1.29, 1.82) is 0 Å². The molecule has 1 aliphatic rings. The SMILES string of the molecule is CC.CC.Cc1cc(COCCN2CCN(c3ccccc3)CC2)no1. The van der Waals surface area contributed by atoms with E-state index in [1.54, 1.807) is 0 Å². The van der Waals surface area contributed by atoms with Gasteiger partial charge in [-0.05, 0) is 19.1 Å². The first-order valence-corrected chi connectivity index (χ1v) is 9.83. The topological polar surface area (TPSA) is 41.7 Å². The maximum Gasteiger partial charge on any atom is 0.134 e. The number of para-hydroxylation sites is 1. The molecule has 2 aromatic rings. The van der Waals surface area contributed by atoms with Crippen molar-refractivity contribution in [2.75, 3.05) is 44.2 Å². The van der Waals surface area contributed by atoms with Gasteiger partial charge in [-0.2, -0.15) is 0 Å². The molecule has 5 heteroatoms. The number of hydrogen-bond acceptors (Lipinski definition) is 5. The smallest absolute Gasteiger partial charge is 0.134 e. The Morgan fingerprint density at radius 1 is 1.00 bits per heavy atom. The van der Waals surface area contributed by atoms with Gasteiger partial charge < -0.3 is 14.2 Å². The second-order valence-corrected chi connectivity index (χ2v) is 5.65. The van der Waals surface area contributed by atoms with Crippen molar-refractivity contribution in [2.24, 2.45) is 0 Å². The first kappa shape index (κ1) is 22.2. The Morgan fingerprint density at radius 3 is 2.23 bits per heavy atom. The second-order valence-electron chi connectivity index (χ2n) is 5.65. The average molecular weight is 362 g/mol. The van der Waals surface area contributed by atoms with E-state index in [0.29, 0.717) is 6.61 Å². The van der Waals surface area contributed by atoms with E-state index in [1.165, 1.54) is 5.69 Å². The minimum atomic E-state index is 0.529. The summed E-state index contributed by atoms with van der Waals surface area (Å²) in [5, 5.41) is 3.92. The van der Waals surface area contributed by atoms with Gasteiger partial charge in [-0.1, -0.05) is 51.1 Å². The number of rotatable bonds is 6. The molecule has 0 radical (unpaired) electrons. The number of nitrogens with zero attached hydrogens (tertiary/aromatic N) is 3. The minimum Gasteiger partial charge on any atom is -0.374 e. The van der Waals surface area contributed by atoms with E-state index in [2.05, 4.69) is 45.3 Å². The van der Waals surface area contributed by atoms with Crippen molar-refractivity contribution in [3.05, 3.63) is 47.9 Å². The molecule has 1 aromatic carbocycles. The normalized spacial score (nSPS) is 14.1. The summed E-state index contributed by atoms with van der Waals surface area (Å²) in [5.74, 6) is 0.829. The third-order valence-corrected chi connectivity index (χ3v) is 3.97. The van der Waals surface area contributed by atoms with Crippen molar-refractivity contribution in [1.82, 2.24) is 10.1 Å². The van der Waals surface area contributed by atoms with Gasteiger partial charge in [0.2, 0.25) is 0 Å². The Balaban J connectivity index is 0.000000791. The molecule has 1 aliphatic heterocycles. The van der Waals surface area contributed by atoms with Crippen LogP contribution in [0.1, 0.15) is 39.1 Å². The van der Waals surface area contributed by atoms with Crippen LogP contribution in [0.2, 0.25) is 0 Å². The van der Waals surface area contributed by atoms with Gasteiger partial charge in [0.15, 0.2) is 0 Å². The maximum atomic E-state index is 5.67. The summed E-state index contributed by atoms with van der Waals surface area (Å²) in [6.45, 7) is 16.4.